The minimum atomic E-state index is -0.371. The van der Waals surface area contributed by atoms with Gasteiger partial charge in [-0.3, -0.25) is 0 Å². The summed E-state index contributed by atoms with van der Waals surface area (Å²) in [5, 5.41) is 0. The van der Waals surface area contributed by atoms with Gasteiger partial charge >= 0.3 is 0 Å². The summed E-state index contributed by atoms with van der Waals surface area (Å²) in [5.74, 6) is 0. The Bertz CT molecular complexity index is 3670. The number of hydrogen-bond acceptors (Lipinski definition) is 1. The molecular formula is C67H49N. The van der Waals surface area contributed by atoms with Gasteiger partial charge in [0, 0.05) is 27.9 Å². The number of fused-ring (bicyclic) bond motifs is 16. The average molecular weight is 868 g/mol. The highest BCUT2D eigenvalue weighted by Crippen LogP contribution is 2.63. The van der Waals surface area contributed by atoms with Crippen molar-refractivity contribution in [1.29, 1.82) is 0 Å². The van der Waals surface area contributed by atoms with Crippen LogP contribution in [0, 0.1) is 0 Å². The van der Waals surface area contributed by atoms with E-state index >= 15 is 0 Å². The maximum atomic E-state index is 2.51. The molecule has 1 heteroatoms. The Hall–Kier alpha value is -8.00. The highest BCUT2D eigenvalue weighted by molar-refractivity contribution is 5.97. The van der Waals surface area contributed by atoms with Crippen molar-refractivity contribution in [2.24, 2.45) is 0 Å². The lowest BCUT2D eigenvalue weighted by atomic mass is 9.70. The zero-order valence-corrected chi connectivity index (χ0v) is 38.8. The van der Waals surface area contributed by atoms with E-state index in [9.17, 15) is 0 Å². The SMILES string of the molecule is CC1(C)c2ccccc2-c2ccc(N(c3ccc(-c4ccccc4)cc3)c3ccc4c(c3)C(C)(C)c3cc(-c5ccc6c(c5)C5(c7ccccc7-c7ccccc75)c5ccccc5-6)ccc3-4)cc21. The molecular weight excluding hydrogens is 819 g/mol. The molecule has 0 amide bonds. The lowest BCUT2D eigenvalue weighted by molar-refractivity contribution is 0.660. The topological polar surface area (TPSA) is 3.24 Å². The maximum absolute atomic E-state index is 2.51. The molecule has 0 aliphatic heterocycles. The van der Waals surface area contributed by atoms with Crippen LogP contribution in [-0.4, -0.2) is 0 Å². The second kappa shape index (κ2) is 14.0. The van der Waals surface area contributed by atoms with Gasteiger partial charge in [0.25, 0.3) is 0 Å². The molecule has 0 bridgehead atoms. The summed E-state index contributed by atoms with van der Waals surface area (Å²) in [6, 6.07) is 84.8. The molecule has 0 aromatic heterocycles. The number of hydrogen-bond donors (Lipinski definition) is 0. The van der Waals surface area contributed by atoms with E-state index in [1.165, 1.54) is 111 Å². The van der Waals surface area contributed by atoms with Crippen LogP contribution in [0.4, 0.5) is 17.1 Å². The van der Waals surface area contributed by atoms with Gasteiger partial charge < -0.3 is 4.90 Å². The minimum absolute atomic E-state index is 0.112. The van der Waals surface area contributed by atoms with Gasteiger partial charge in [-0.2, -0.15) is 0 Å². The second-order valence-corrected chi connectivity index (χ2v) is 20.4. The van der Waals surface area contributed by atoms with Crippen LogP contribution in [0.3, 0.4) is 0 Å². The van der Waals surface area contributed by atoms with Crippen LogP contribution in [0.2, 0.25) is 0 Å². The highest BCUT2D eigenvalue weighted by Gasteiger charge is 2.51. The Labute approximate surface area is 399 Å². The molecule has 0 heterocycles. The summed E-state index contributed by atoms with van der Waals surface area (Å²) in [5.41, 5.74) is 29.3. The maximum Gasteiger partial charge on any atom is 0.0725 e. The van der Waals surface area contributed by atoms with E-state index in [-0.39, 0.29) is 16.2 Å². The molecule has 0 radical (unpaired) electrons. The lowest BCUT2D eigenvalue weighted by Crippen LogP contribution is -2.25. The van der Waals surface area contributed by atoms with Gasteiger partial charge in [-0.25, -0.2) is 0 Å². The van der Waals surface area contributed by atoms with Crippen molar-refractivity contribution in [3.05, 3.63) is 269 Å². The van der Waals surface area contributed by atoms with Gasteiger partial charge in [0.2, 0.25) is 0 Å². The average Bonchev–Trinajstić information content (AvgIpc) is 4.01. The number of benzene rings is 10. The molecule has 1 spiro atoms. The van der Waals surface area contributed by atoms with Crippen molar-refractivity contribution in [3.8, 4) is 66.8 Å². The minimum Gasteiger partial charge on any atom is -0.310 e. The predicted octanol–water partition coefficient (Wildman–Crippen LogP) is 17.4. The lowest BCUT2D eigenvalue weighted by Gasteiger charge is -2.30. The molecule has 10 aromatic rings. The number of anilines is 3. The zero-order valence-electron chi connectivity index (χ0n) is 38.8. The van der Waals surface area contributed by atoms with E-state index in [1.54, 1.807) is 0 Å². The van der Waals surface area contributed by atoms with E-state index in [0.717, 1.165) is 17.1 Å². The van der Waals surface area contributed by atoms with E-state index in [2.05, 4.69) is 257 Å². The van der Waals surface area contributed by atoms with Gasteiger partial charge in [0.15, 0.2) is 0 Å². The third kappa shape index (κ3) is 5.22. The summed E-state index contributed by atoms with van der Waals surface area (Å²) in [6.45, 7) is 9.58. The third-order valence-electron chi connectivity index (χ3n) is 16.3. The van der Waals surface area contributed by atoms with Gasteiger partial charge in [0.1, 0.15) is 0 Å². The first-order valence-electron chi connectivity index (χ1n) is 24.2. The van der Waals surface area contributed by atoms with Crippen LogP contribution in [0.5, 0.6) is 0 Å². The molecule has 0 N–H and O–H groups in total. The molecule has 0 atom stereocenters. The molecule has 0 saturated carbocycles. The van der Waals surface area contributed by atoms with Crippen LogP contribution in [0.25, 0.3) is 66.8 Å². The Morgan fingerprint density at radius 3 is 1.07 bits per heavy atom. The first-order valence-corrected chi connectivity index (χ1v) is 24.2. The van der Waals surface area contributed by atoms with Crippen molar-refractivity contribution in [2.75, 3.05) is 4.90 Å². The molecule has 14 rings (SSSR count). The normalized spacial score (nSPS) is 15.1. The first-order chi connectivity index (χ1) is 33.2. The van der Waals surface area contributed by atoms with Crippen molar-refractivity contribution >= 4 is 17.1 Å². The van der Waals surface area contributed by atoms with Crippen molar-refractivity contribution in [2.45, 2.75) is 43.9 Å². The van der Waals surface area contributed by atoms with Crippen LogP contribution in [-0.2, 0) is 16.2 Å². The molecule has 322 valence electrons. The summed E-state index contributed by atoms with van der Waals surface area (Å²) in [4.78, 5) is 2.47. The molecule has 0 unspecified atom stereocenters. The molecule has 1 nitrogen and oxygen atoms in total. The molecule has 68 heavy (non-hydrogen) atoms. The van der Waals surface area contributed by atoms with Crippen LogP contribution >= 0.6 is 0 Å². The number of rotatable bonds is 5. The molecule has 0 fully saturated rings. The van der Waals surface area contributed by atoms with Gasteiger partial charge in [-0.1, -0.05) is 204 Å². The zero-order chi connectivity index (χ0) is 45.5. The molecule has 4 aliphatic carbocycles. The first kappa shape index (κ1) is 39.2. The predicted molar refractivity (Wildman–Crippen MR) is 283 cm³/mol. The van der Waals surface area contributed by atoms with Gasteiger partial charge in [-0.05, 0) is 160 Å². The Balaban J connectivity index is 0.880. The van der Waals surface area contributed by atoms with Crippen LogP contribution in [0.15, 0.2) is 224 Å². The van der Waals surface area contributed by atoms with Crippen molar-refractivity contribution < 1.29 is 0 Å². The third-order valence-corrected chi connectivity index (χ3v) is 16.3. The smallest absolute Gasteiger partial charge is 0.0725 e. The van der Waals surface area contributed by atoms with Crippen molar-refractivity contribution in [1.82, 2.24) is 0 Å². The van der Waals surface area contributed by atoms with Gasteiger partial charge in [0.05, 0.1) is 5.41 Å². The largest absolute Gasteiger partial charge is 0.310 e. The van der Waals surface area contributed by atoms with Gasteiger partial charge in [-0.15, -0.1) is 0 Å². The quantitative estimate of drug-likeness (QED) is 0.167. The summed E-state index contributed by atoms with van der Waals surface area (Å²) < 4.78 is 0. The van der Waals surface area contributed by atoms with E-state index in [4.69, 9.17) is 0 Å². The fraction of sp³-hybridized carbons (Fsp3) is 0.104. The van der Waals surface area contributed by atoms with Crippen LogP contribution in [0.1, 0.15) is 72.2 Å². The molecule has 0 saturated heterocycles. The standard InChI is InChI=1S/C67H49N/c1-65(2)57-22-12-8-18-49(57)54-36-32-47(40-62(54)65)68(46-30-26-43(27-31-46)42-16-6-5-7-17-42)48-33-37-55-53-34-28-44(38-61(53)66(3,4)63(55)41-48)45-29-35-56-52-21-11-15-25-60(52)67(64(56)39-45)58-23-13-9-19-50(58)51-20-10-14-24-59(51)67/h5-41H,1-4H3. The second-order valence-electron chi connectivity index (χ2n) is 20.4. The summed E-state index contributed by atoms with van der Waals surface area (Å²) in [6.07, 6.45) is 0. The summed E-state index contributed by atoms with van der Waals surface area (Å²) >= 11 is 0. The monoisotopic (exact) mass is 867 g/mol. The fourth-order valence-corrected chi connectivity index (χ4v) is 13.0. The van der Waals surface area contributed by atoms with Crippen molar-refractivity contribution in [3.63, 3.8) is 0 Å². The Morgan fingerprint density at radius 2 is 0.559 bits per heavy atom. The van der Waals surface area contributed by atoms with E-state index in [0.29, 0.717) is 0 Å². The highest BCUT2D eigenvalue weighted by atomic mass is 15.1. The molecule has 10 aromatic carbocycles. The summed E-state index contributed by atoms with van der Waals surface area (Å²) in [7, 11) is 0. The van der Waals surface area contributed by atoms with E-state index < -0.39 is 0 Å². The van der Waals surface area contributed by atoms with Crippen LogP contribution < -0.4 is 4.90 Å². The molecule has 4 aliphatic rings. The Kier molecular flexibility index (Phi) is 8.08. The van der Waals surface area contributed by atoms with E-state index in [1.807, 2.05) is 0 Å². The fourth-order valence-electron chi connectivity index (χ4n) is 13.0. The number of nitrogens with zero attached hydrogens (tertiary/aromatic N) is 1. The Morgan fingerprint density at radius 1 is 0.235 bits per heavy atom.